The third-order valence-electron chi connectivity index (χ3n) is 3.53. The Labute approximate surface area is 108 Å². The van der Waals surface area contributed by atoms with Crippen LogP contribution in [0.15, 0.2) is 18.2 Å². The average Bonchev–Trinajstić information content (AvgIpc) is 2.37. The molecule has 0 fully saturated rings. The zero-order valence-corrected chi connectivity index (χ0v) is 11.1. The number of carbonyl (C=O) groups is 1. The first-order chi connectivity index (χ1) is 8.58. The molecule has 0 heterocycles. The maximum Gasteiger partial charge on any atom is 0.328 e. The van der Waals surface area contributed by atoms with Crippen LogP contribution in [0.4, 0.5) is 0 Å². The molecule has 3 nitrogen and oxygen atoms in total. The van der Waals surface area contributed by atoms with Gasteiger partial charge in [0, 0.05) is 0 Å². The number of nitrogens with two attached hydrogens (primary N) is 1. The Hall–Kier alpha value is -1.35. The second-order valence-corrected chi connectivity index (χ2v) is 5.33. The van der Waals surface area contributed by atoms with Crippen molar-refractivity contribution in [3.63, 3.8) is 0 Å². The van der Waals surface area contributed by atoms with Crippen LogP contribution in [0.25, 0.3) is 0 Å². The van der Waals surface area contributed by atoms with Gasteiger partial charge >= 0.3 is 5.97 Å². The van der Waals surface area contributed by atoms with Crippen molar-refractivity contribution in [1.29, 1.82) is 0 Å². The molecule has 0 saturated heterocycles. The van der Waals surface area contributed by atoms with Crippen LogP contribution in [0.3, 0.4) is 0 Å². The number of benzene rings is 1. The van der Waals surface area contributed by atoms with Gasteiger partial charge in [-0.3, -0.25) is 0 Å². The Kier molecular flexibility index (Phi) is 4.02. The van der Waals surface area contributed by atoms with Crippen molar-refractivity contribution in [2.75, 3.05) is 0 Å². The lowest BCUT2D eigenvalue weighted by Crippen LogP contribution is -2.38. The molecule has 1 unspecified atom stereocenters. The highest BCUT2D eigenvalue weighted by molar-refractivity contribution is 5.78. The first-order valence-electron chi connectivity index (χ1n) is 6.67. The lowest BCUT2D eigenvalue weighted by Gasteiger charge is -2.18. The predicted molar refractivity (Wildman–Crippen MR) is 71.5 cm³/mol. The number of esters is 1. The molecule has 0 saturated carbocycles. The van der Waals surface area contributed by atoms with Crippen LogP contribution in [0.1, 0.15) is 37.8 Å². The van der Waals surface area contributed by atoms with Crippen molar-refractivity contribution in [2.45, 2.75) is 45.6 Å². The summed E-state index contributed by atoms with van der Waals surface area (Å²) in [5.74, 6) is 0.368. The highest BCUT2D eigenvalue weighted by Crippen LogP contribution is 2.25. The molecule has 0 spiro atoms. The number of ether oxygens (including phenoxy) is 1. The fourth-order valence-electron chi connectivity index (χ4n) is 2.23. The van der Waals surface area contributed by atoms with Crippen LogP contribution in [-0.4, -0.2) is 12.0 Å². The van der Waals surface area contributed by atoms with Gasteiger partial charge < -0.3 is 10.5 Å². The molecular formula is C15H21NO2. The van der Waals surface area contributed by atoms with E-state index in [4.69, 9.17) is 10.5 Å². The number of carbonyl (C=O) groups excluding carboxylic acids is 1. The summed E-state index contributed by atoms with van der Waals surface area (Å²) < 4.78 is 5.34. The van der Waals surface area contributed by atoms with E-state index in [0.29, 0.717) is 5.75 Å². The molecule has 0 bridgehead atoms. The summed E-state index contributed by atoms with van der Waals surface area (Å²) >= 11 is 0. The Morgan fingerprint density at radius 1 is 1.22 bits per heavy atom. The van der Waals surface area contributed by atoms with Gasteiger partial charge in [-0.1, -0.05) is 19.9 Å². The summed E-state index contributed by atoms with van der Waals surface area (Å²) in [5.41, 5.74) is 8.46. The van der Waals surface area contributed by atoms with Crippen LogP contribution in [0, 0.1) is 5.92 Å². The molecule has 0 aliphatic heterocycles. The summed E-state index contributed by atoms with van der Waals surface area (Å²) in [5, 5.41) is 0. The minimum absolute atomic E-state index is 0.0927. The van der Waals surface area contributed by atoms with Crippen molar-refractivity contribution >= 4 is 5.97 Å². The van der Waals surface area contributed by atoms with Crippen molar-refractivity contribution in [3.8, 4) is 5.75 Å². The van der Waals surface area contributed by atoms with Crippen molar-refractivity contribution < 1.29 is 9.53 Å². The molecule has 0 amide bonds. The van der Waals surface area contributed by atoms with E-state index in [1.54, 1.807) is 0 Å². The van der Waals surface area contributed by atoms with Crippen molar-refractivity contribution in [1.82, 2.24) is 0 Å². The van der Waals surface area contributed by atoms with Gasteiger partial charge in [-0.15, -0.1) is 0 Å². The van der Waals surface area contributed by atoms with Gasteiger partial charge in [0.1, 0.15) is 11.8 Å². The molecule has 18 heavy (non-hydrogen) atoms. The van der Waals surface area contributed by atoms with Gasteiger partial charge in [0.05, 0.1) is 0 Å². The molecule has 0 radical (unpaired) electrons. The van der Waals surface area contributed by atoms with E-state index in [2.05, 4.69) is 6.07 Å². The normalized spacial score (nSPS) is 16.2. The molecule has 3 heteroatoms. The molecule has 2 rings (SSSR count). The van der Waals surface area contributed by atoms with E-state index in [-0.39, 0.29) is 11.9 Å². The van der Waals surface area contributed by atoms with E-state index >= 15 is 0 Å². The fourth-order valence-corrected chi connectivity index (χ4v) is 2.23. The smallest absolute Gasteiger partial charge is 0.328 e. The summed E-state index contributed by atoms with van der Waals surface area (Å²) in [6.45, 7) is 3.83. The summed E-state index contributed by atoms with van der Waals surface area (Å²) in [6, 6.07) is 5.37. The molecule has 2 N–H and O–H groups in total. The van der Waals surface area contributed by atoms with Crippen LogP contribution in [-0.2, 0) is 17.6 Å². The zero-order chi connectivity index (χ0) is 13.1. The molecule has 1 aliphatic rings. The quantitative estimate of drug-likeness (QED) is 0.659. The van der Waals surface area contributed by atoms with Gasteiger partial charge in [-0.25, -0.2) is 4.79 Å². The highest BCUT2D eigenvalue weighted by Gasteiger charge is 2.20. The van der Waals surface area contributed by atoms with Gasteiger partial charge in [0.15, 0.2) is 0 Å². The van der Waals surface area contributed by atoms with Crippen LogP contribution in [0.5, 0.6) is 5.75 Å². The first kappa shape index (κ1) is 13.1. The maximum atomic E-state index is 11.8. The fraction of sp³-hybridized carbons (Fsp3) is 0.533. The van der Waals surface area contributed by atoms with E-state index in [9.17, 15) is 4.79 Å². The number of fused-ring (bicyclic) bond motifs is 1. The number of hydrogen-bond acceptors (Lipinski definition) is 3. The molecule has 1 aromatic carbocycles. The van der Waals surface area contributed by atoms with Crippen LogP contribution in [0.2, 0.25) is 0 Å². The second-order valence-electron chi connectivity index (χ2n) is 5.33. The van der Waals surface area contributed by atoms with Crippen LogP contribution >= 0.6 is 0 Å². The van der Waals surface area contributed by atoms with E-state index in [0.717, 1.165) is 12.8 Å². The molecule has 1 aromatic rings. The molecular weight excluding hydrogens is 226 g/mol. The predicted octanol–water partition coefficient (Wildman–Crippen LogP) is 2.45. The number of aryl methyl sites for hydroxylation is 2. The third kappa shape index (κ3) is 2.91. The summed E-state index contributed by atoms with van der Waals surface area (Å²) in [6.07, 6.45) is 4.69. The third-order valence-corrected chi connectivity index (χ3v) is 3.53. The van der Waals surface area contributed by atoms with Crippen molar-refractivity contribution in [2.24, 2.45) is 11.7 Å². The average molecular weight is 247 g/mol. The van der Waals surface area contributed by atoms with Crippen molar-refractivity contribution in [3.05, 3.63) is 29.3 Å². The SMILES string of the molecule is CC(C)C(N)C(=O)Oc1ccc2c(c1)CCCC2. The number of rotatable bonds is 3. The Bertz CT molecular complexity index is 440. The minimum atomic E-state index is -0.555. The monoisotopic (exact) mass is 247 g/mol. The Balaban J connectivity index is 2.08. The molecule has 0 aromatic heterocycles. The largest absolute Gasteiger partial charge is 0.425 e. The topological polar surface area (TPSA) is 52.3 Å². The van der Waals surface area contributed by atoms with E-state index in [1.807, 2.05) is 26.0 Å². The Morgan fingerprint density at radius 3 is 2.56 bits per heavy atom. The molecule has 1 aliphatic carbocycles. The number of hydrogen-bond donors (Lipinski definition) is 1. The van der Waals surface area contributed by atoms with Gasteiger partial charge in [0.25, 0.3) is 0 Å². The van der Waals surface area contributed by atoms with Gasteiger partial charge in [0.2, 0.25) is 0 Å². The lowest BCUT2D eigenvalue weighted by molar-refractivity contribution is -0.136. The Morgan fingerprint density at radius 2 is 1.89 bits per heavy atom. The molecule has 98 valence electrons. The summed E-state index contributed by atoms with van der Waals surface area (Å²) in [4.78, 5) is 11.8. The summed E-state index contributed by atoms with van der Waals surface area (Å²) in [7, 11) is 0. The highest BCUT2D eigenvalue weighted by atomic mass is 16.5. The van der Waals surface area contributed by atoms with Gasteiger partial charge in [-0.05, 0) is 54.9 Å². The second kappa shape index (κ2) is 5.53. The standard InChI is InChI=1S/C15H21NO2/c1-10(2)14(16)15(17)18-13-8-7-11-5-3-4-6-12(11)9-13/h7-10,14H,3-6,16H2,1-2H3. The zero-order valence-electron chi connectivity index (χ0n) is 11.1. The van der Waals surface area contributed by atoms with Crippen LogP contribution < -0.4 is 10.5 Å². The molecule has 1 atom stereocenters. The van der Waals surface area contributed by atoms with Gasteiger partial charge in [-0.2, -0.15) is 0 Å². The maximum absolute atomic E-state index is 11.8. The first-order valence-corrected chi connectivity index (χ1v) is 6.67. The lowest BCUT2D eigenvalue weighted by atomic mass is 9.92. The van der Waals surface area contributed by atoms with E-state index in [1.165, 1.54) is 24.0 Å². The van der Waals surface area contributed by atoms with E-state index < -0.39 is 6.04 Å². The minimum Gasteiger partial charge on any atom is -0.425 e.